The number of pyridine rings is 1. The van der Waals surface area contributed by atoms with E-state index in [-0.39, 0.29) is 10.6 Å². The Bertz CT molecular complexity index is 535. The van der Waals surface area contributed by atoms with Gasteiger partial charge in [-0.05, 0) is 29.8 Å². The molecule has 0 radical (unpaired) electrons. The van der Waals surface area contributed by atoms with Gasteiger partial charge in [-0.3, -0.25) is 4.98 Å². The highest BCUT2D eigenvalue weighted by molar-refractivity contribution is 9.10. The fourth-order valence-electron chi connectivity index (χ4n) is 2.20. The summed E-state index contributed by atoms with van der Waals surface area (Å²) in [6, 6.07) is 14.2. The number of rotatable bonds is 5. The summed E-state index contributed by atoms with van der Waals surface area (Å²) in [7, 11) is 3.36. The van der Waals surface area contributed by atoms with Crippen LogP contribution in [0.3, 0.4) is 0 Å². The van der Waals surface area contributed by atoms with Gasteiger partial charge in [-0.15, -0.1) is 0 Å². The van der Waals surface area contributed by atoms with Crippen LogP contribution in [0.25, 0.3) is 0 Å². The van der Waals surface area contributed by atoms with Gasteiger partial charge in [0.25, 0.3) is 0 Å². The molecular formula is C16H19BrN2O. The molecule has 106 valence electrons. The zero-order chi connectivity index (χ0) is 14.6. The molecule has 0 fully saturated rings. The van der Waals surface area contributed by atoms with Crippen LogP contribution in [-0.2, 0) is 0 Å². The smallest absolute Gasteiger partial charge is 0.0789 e. The van der Waals surface area contributed by atoms with Gasteiger partial charge >= 0.3 is 0 Å². The molecule has 1 aromatic carbocycles. The molecule has 20 heavy (non-hydrogen) atoms. The van der Waals surface area contributed by atoms with Gasteiger partial charge < -0.3 is 9.85 Å². The normalized spacial score (nSPS) is 13.2. The minimum Gasteiger partial charge on any atom is -0.633 e. The van der Waals surface area contributed by atoms with E-state index in [1.165, 1.54) is 5.56 Å². The van der Waals surface area contributed by atoms with Gasteiger partial charge in [0.2, 0.25) is 0 Å². The van der Waals surface area contributed by atoms with E-state index in [1.807, 2.05) is 30.3 Å². The molecule has 2 aromatic rings. The monoisotopic (exact) mass is 334 g/mol. The molecule has 2 rings (SSSR count). The molecule has 0 spiro atoms. The van der Waals surface area contributed by atoms with E-state index in [1.54, 1.807) is 20.3 Å². The molecule has 0 unspecified atom stereocenters. The van der Waals surface area contributed by atoms with E-state index in [0.29, 0.717) is 6.54 Å². The lowest BCUT2D eigenvalue weighted by Gasteiger charge is -2.35. The van der Waals surface area contributed by atoms with Crippen LogP contribution in [0.1, 0.15) is 23.6 Å². The van der Waals surface area contributed by atoms with E-state index in [4.69, 9.17) is 0 Å². The summed E-state index contributed by atoms with van der Waals surface area (Å²) in [4.78, 5) is 4.46. The van der Waals surface area contributed by atoms with Gasteiger partial charge in [0.15, 0.2) is 0 Å². The third kappa shape index (κ3) is 4.40. The maximum absolute atomic E-state index is 11.8. The Labute approximate surface area is 128 Å². The average molecular weight is 335 g/mol. The summed E-state index contributed by atoms with van der Waals surface area (Å²) in [5.74, 6) is 0.163. The van der Waals surface area contributed by atoms with Crippen molar-refractivity contribution in [1.82, 2.24) is 4.98 Å². The van der Waals surface area contributed by atoms with Crippen molar-refractivity contribution >= 4 is 15.9 Å². The quantitative estimate of drug-likeness (QED) is 0.613. The number of hydrogen-bond donors (Lipinski definition) is 0. The molecule has 0 N–H and O–H groups in total. The molecule has 4 heteroatoms. The Morgan fingerprint density at radius 1 is 1.15 bits per heavy atom. The molecule has 0 saturated carbocycles. The predicted molar refractivity (Wildman–Crippen MR) is 85.2 cm³/mol. The second kappa shape index (κ2) is 6.48. The molecule has 1 atom stereocenters. The highest BCUT2D eigenvalue weighted by Gasteiger charge is 2.18. The first-order chi connectivity index (χ1) is 9.46. The van der Waals surface area contributed by atoms with Crippen molar-refractivity contribution in [3.63, 3.8) is 0 Å². The lowest BCUT2D eigenvalue weighted by atomic mass is 9.92. The molecule has 0 aliphatic heterocycles. The fourth-order valence-corrected chi connectivity index (χ4v) is 2.47. The largest absolute Gasteiger partial charge is 0.633 e. The highest BCUT2D eigenvalue weighted by atomic mass is 79.9. The van der Waals surface area contributed by atoms with Crippen LogP contribution in [0.2, 0.25) is 0 Å². The Kier molecular flexibility index (Phi) is 4.91. The van der Waals surface area contributed by atoms with Gasteiger partial charge in [0.1, 0.15) is 0 Å². The summed E-state index contributed by atoms with van der Waals surface area (Å²) < 4.78 is 0.779. The number of hydroxylamine groups is 3. The Morgan fingerprint density at radius 3 is 2.40 bits per heavy atom. The number of benzene rings is 1. The van der Waals surface area contributed by atoms with Crippen LogP contribution in [0.4, 0.5) is 0 Å². The van der Waals surface area contributed by atoms with Gasteiger partial charge in [-0.1, -0.05) is 34.1 Å². The molecule has 0 saturated heterocycles. The Hall–Kier alpha value is -1.23. The van der Waals surface area contributed by atoms with Crippen LogP contribution < -0.4 is 0 Å². The molecule has 0 aliphatic rings. The third-order valence-electron chi connectivity index (χ3n) is 3.27. The zero-order valence-electron chi connectivity index (χ0n) is 11.8. The second-order valence-electron chi connectivity index (χ2n) is 5.44. The number of aromatic nitrogens is 1. The van der Waals surface area contributed by atoms with Gasteiger partial charge in [-0.2, -0.15) is 0 Å². The standard InChI is InChI=1S/C16H19BrN2O/c1-19(2,20)12-10-15(16-5-3-4-11-18-16)13-6-8-14(17)9-7-13/h3-9,11,15H,10,12H2,1-2H3/t15-/m0/s1. The Balaban J connectivity index is 2.27. The first-order valence-electron chi connectivity index (χ1n) is 6.66. The highest BCUT2D eigenvalue weighted by Crippen LogP contribution is 2.28. The zero-order valence-corrected chi connectivity index (χ0v) is 13.4. The maximum atomic E-state index is 11.8. The van der Waals surface area contributed by atoms with E-state index < -0.39 is 0 Å². The Morgan fingerprint density at radius 2 is 1.85 bits per heavy atom. The van der Waals surface area contributed by atoms with E-state index in [2.05, 4.69) is 33.0 Å². The predicted octanol–water partition coefficient (Wildman–Crippen LogP) is 3.94. The lowest BCUT2D eigenvalue weighted by molar-refractivity contribution is -0.840. The van der Waals surface area contributed by atoms with Crippen molar-refractivity contribution in [3.05, 3.63) is 69.6 Å². The van der Waals surface area contributed by atoms with E-state index in [9.17, 15) is 5.21 Å². The van der Waals surface area contributed by atoms with E-state index in [0.717, 1.165) is 16.6 Å². The van der Waals surface area contributed by atoms with Gasteiger partial charge in [0.05, 0.1) is 20.6 Å². The van der Waals surface area contributed by atoms with Crippen molar-refractivity contribution in [2.75, 3.05) is 20.6 Å². The van der Waals surface area contributed by atoms with Gasteiger partial charge in [0, 0.05) is 28.7 Å². The fraction of sp³-hybridized carbons (Fsp3) is 0.312. The first kappa shape index (κ1) is 15.2. The first-order valence-corrected chi connectivity index (χ1v) is 7.45. The van der Waals surface area contributed by atoms with Crippen LogP contribution in [0.15, 0.2) is 53.1 Å². The average Bonchev–Trinajstić information content (AvgIpc) is 2.41. The minimum atomic E-state index is -0.278. The van der Waals surface area contributed by atoms with Gasteiger partial charge in [-0.25, -0.2) is 0 Å². The van der Waals surface area contributed by atoms with E-state index >= 15 is 0 Å². The second-order valence-corrected chi connectivity index (χ2v) is 6.36. The number of halogens is 1. The van der Waals surface area contributed by atoms with Crippen LogP contribution in [0.5, 0.6) is 0 Å². The summed E-state index contributed by atoms with van der Waals surface area (Å²) in [6.45, 7) is 0.567. The lowest BCUT2D eigenvalue weighted by Crippen LogP contribution is -2.34. The molecular weight excluding hydrogens is 316 g/mol. The SMILES string of the molecule is C[N+](C)([O-])CC[C@@H](c1ccc(Br)cc1)c1ccccn1. The summed E-state index contributed by atoms with van der Waals surface area (Å²) in [5, 5.41) is 11.8. The van der Waals surface area contributed by atoms with Crippen molar-refractivity contribution in [1.29, 1.82) is 0 Å². The van der Waals surface area contributed by atoms with Crippen LogP contribution >= 0.6 is 15.9 Å². The number of hydrogen-bond acceptors (Lipinski definition) is 2. The van der Waals surface area contributed by atoms with Crippen LogP contribution in [-0.4, -0.2) is 30.3 Å². The molecule has 0 bridgehead atoms. The molecule has 1 heterocycles. The topological polar surface area (TPSA) is 36.0 Å². The third-order valence-corrected chi connectivity index (χ3v) is 3.80. The van der Waals surface area contributed by atoms with Crippen LogP contribution in [0, 0.1) is 5.21 Å². The summed E-state index contributed by atoms with van der Waals surface area (Å²) in [5.41, 5.74) is 2.21. The van der Waals surface area contributed by atoms with Crippen molar-refractivity contribution < 1.29 is 4.65 Å². The summed E-state index contributed by atoms with van der Waals surface area (Å²) in [6.07, 6.45) is 2.59. The number of quaternary nitrogens is 1. The number of nitrogens with zero attached hydrogens (tertiary/aromatic N) is 2. The molecule has 1 aromatic heterocycles. The minimum absolute atomic E-state index is 0.163. The summed E-state index contributed by atoms with van der Waals surface area (Å²) >= 11 is 3.45. The molecule has 3 nitrogen and oxygen atoms in total. The maximum Gasteiger partial charge on any atom is 0.0789 e. The molecule has 0 amide bonds. The van der Waals surface area contributed by atoms with Crippen molar-refractivity contribution in [2.45, 2.75) is 12.3 Å². The molecule has 0 aliphatic carbocycles. The van der Waals surface area contributed by atoms with Crippen molar-refractivity contribution in [2.24, 2.45) is 0 Å². The van der Waals surface area contributed by atoms with Crippen molar-refractivity contribution in [3.8, 4) is 0 Å².